The van der Waals surface area contributed by atoms with Gasteiger partial charge in [-0.05, 0) is 18.1 Å². The first-order valence-electron chi connectivity index (χ1n) is 8.44. The van der Waals surface area contributed by atoms with Crippen molar-refractivity contribution in [1.29, 1.82) is 0 Å². The molecule has 2 fully saturated rings. The third-order valence-corrected chi connectivity index (χ3v) is 4.77. The van der Waals surface area contributed by atoms with Crippen LogP contribution in [0.25, 0.3) is 0 Å². The molecule has 7 heteroatoms. The molecular weight excluding hydrogens is 320 g/mol. The Morgan fingerprint density at radius 3 is 3.04 bits per heavy atom. The molecule has 0 bridgehead atoms. The van der Waals surface area contributed by atoms with Crippen LogP contribution in [0.15, 0.2) is 43.1 Å². The Labute approximate surface area is 146 Å². The first-order chi connectivity index (χ1) is 12.2. The first kappa shape index (κ1) is 16.1. The fourth-order valence-electron chi connectivity index (χ4n) is 3.48. The number of carbonyl (C=O) groups excluding carboxylic acids is 1. The SMILES string of the molecule is O=C(c1cnccn1)N1CC[C@@]2(C[C@@H](OCc3cccnc3)CO2)C1. The van der Waals surface area contributed by atoms with Crippen molar-refractivity contribution in [2.75, 3.05) is 19.7 Å². The van der Waals surface area contributed by atoms with Gasteiger partial charge in [0.2, 0.25) is 0 Å². The van der Waals surface area contributed by atoms with Crippen LogP contribution in [0.4, 0.5) is 0 Å². The van der Waals surface area contributed by atoms with Crippen molar-refractivity contribution >= 4 is 5.91 Å². The van der Waals surface area contributed by atoms with Crippen molar-refractivity contribution in [1.82, 2.24) is 19.9 Å². The second-order valence-corrected chi connectivity index (χ2v) is 6.56. The van der Waals surface area contributed by atoms with Gasteiger partial charge in [0.1, 0.15) is 5.69 Å². The number of rotatable bonds is 4. The van der Waals surface area contributed by atoms with Crippen molar-refractivity contribution in [3.8, 4) is 0 Å². The maximum Gasteiger partial charge on any atom is 0.274 e. The number of hydrogen-bond acceptors (Lipinski definition) is 6. The van der Waals surface area contributed by atoms with E-state index in [4.69, 9.17) is 9.47 Å². The Morgan fingerprint density at radius 1 is 1.32 bits per heavy atom. The van der Waals surface area contributed by atoms with Gasteiger partial charge in [0.15, 0.2) is 0 Å². The minimum atomic E-state index is -0.294. The topological polar surface area (TPSA) is 77.4 Å². The third-order valence-electron chi connectivity index (χ3n) is 4.77. The Hall–Kier alpha value is -2.38. The van der Waals surface area contributed by atoms with E-state index >= 15 is 0 Å². The van der Waals surface area contributed by atoms with E-state index in [0.717, 1.165) is 18.4 Å². The molecule has 1 amide bonds. The molecule has 2 aromatic heterocycles. The molecule has 0 radical (unpaired) electrons. The number of likely N-dealkylation sites (tertiary alicyclic amines) is 1. The summed E-state index contributed by atoms with van der Waals surface area (Å²) in [4.78, 5) is 26.5. The Bertz CT molecular complexity index is 728. The first-order valence-corrected chi connectivity index (χ1v) is 8.44. The molecule has 2 atom stereocenters. The van der Waals surface area contributed by atoms with Crippen molar-refractivity contribution in [3.05, 3.63) is 54.4 Å². The normalized spacial score (nSPS) is 25.6. The standard InChI is InChI=1S/C18H20N4O3/c23-17(16-10-20-5-6-21-16)22-7-3-18(13-22)8-15(12-25-18)24-11-14-2-1-4-19-9-14/h1-2,4-6,9-10,15H,3,7-8,11-13H2/t15-,18-/m1/s1. The number of ether oxygens (including phenoxy) is 2. The summed E-state index contributed by atoms with van der Waals surface area (Å²) in [5.74, 6) is -0.0895. The van der Waals surface area contributed by atoms with Crippen molar-refractivity contribution in [3.63, 3.8) is 0 Å². The van der Waals surface area contributed by atoms with Gasteiger partial charge in [-0.2, -0.15) is 0 Å². The van der Waals surface area contributed by atoms with E-state index in [1.54, 1.807) is 17.3 Å². The fourth-order valence-corrected chi connectivity index (χ4v) is 3.48. The molecule has 7 nitrogen and oxygen atoms in total. The van der Waals surface area contributed by atoms with Gasteiger partial charge in [-0.1, -0.05) is 6.07 Å². The Morgan fingerprint density at radius 2 is 2.24 bits per heavy atom. The van der Waals surface area contributed by atoms with Crippen LogP contribution < -0.4 is 0 Å². The largest absolute Gasteiger partial charge is 0.371 e. The zero-order valence-electron chi connectivity index (χ0n) is 13.9. The van der Waals surface area contributed by atoms with Crippen LogP contribution in [-0.2, 0) is 16.1 Å². The maximum absolute atomic E-state index is 12.5. The van der Waals surface area contributed by atoms with Crippen molar-refractivity contribution < 1.29 is 14.3 Å². The number of aromatic nitrogens is 3. The number of pyridine rings is 1. The summed E-state index contributed by atoms with van der Waals surface area (Å²) in [5, 5.41) is 0. The number of hydrogen-bond donors (Lipinski definition) is 0. The third kappa shape index (κ3) is 3.52. The molecule has 1 spiro atoms. The fraction of sp³-hybridized carbons (Fsp3) is 0.444. The van der Waals surface area contributed by atoms with E-state index in [1.807, 2.05) is 18.3 Å². The van der Waals surface area contributed by atoms with Gasteiger partial charge in [0.25, 0.3) is 5.91 Å². The molecule has 0 aromatic carbocycles. The highest BCUT2D eigenvalue weighted by atomic mass is 16.6. The van der Waals surface area contributed by atoms with Gasteiger partial charge in [-0.15, -0.1) is 0 Å². The molecule has 130 valence electrons. The Kier molecular flexibility index (Phi) is 4.42. The zero-order valence-corrected chi connectivity index (χ0v) is 13.9. The summed E-state index contributed by atoms with van der Waals surface area (Å²) >= 11 is 0. The van der Waals surface area contributed by atoms with E-state index in [2.05, 4.69) is 15.0 Å². The minimum Gasteiger partial charge on any atom is -0.371 e. The average molecular weight is 340 g/mol. The van der Waals surface area contributed by atoms with E-state index in [0.29, 0.717) is 32.0 Å². The summed E-state index contributed by atoms with van der Waals surface area (Å²) < 4.78 is 12.0. The number of carbonyl (C=O) groups is 1. The second kappa shape index (κ2) is 6.85. The summed E-state index contributed by atoms with van der Waals surface area (Å²) in [6, 6.07) is 3.90. The molecule has 2 aliphatic heterocycles. The lowest BCUT2D eigenvalue weighted by Crippen LogP contribution is -2.36. The van der Waals surface area contributed by atoms with E-state index < -0.39 is 0 Å². The summed E-state index contributed by atoms with van der Waals surface area (Å²) in [5.41, 5.74) is 1.13. The molecule has 0 unspecified atom stereocenters. The van der Waals surface area contributed by atoms with Crippen molar-refractivity contribution in [2.24, 2.45) is 0 Å². The molecule has 25 heavy (non-hydrogen) atoms. The molecule has 2 aromatic rings. The quantitative estimate of drug-likeness (QED) is 0.839. The van der Waals surface area contributed by atoms with Crippen LogP contribution in [0, 0.1) is 0 Å². The van der Waals surface area contributed by atoms with Crippen LogP contribution >= 0.6 is 0 Å². The van der Waals surface area contributed by atoms with Crippen LogP contribution in [0.2, 0.25) is 0 Å². The highest BCUT2D eigenvalue weighted by Crippen LogP contribution is 2.36. The van der Waals surface area contributed by atoms with Crippen LogP contribution in [0.5, 0.6) is 0 Å². The van der Waals surface area contributed by atoms with Crippen molar-refractivity contribution in [2.45, 2.75) is 31.2 Å². The monoisotopic (exact) mass is 340 g/mol. The number of amides is 1. The van der Waals surface area contributed by atoms with E-state index in [9.17, 15) is 4.79 Å². The molecule has 0 N–H and O–H groups in total. The second-order valence-electron chi connectivity index (χ2n) is 6.56. The van der Waals surface area contributed by atoms with Crippen LogP contribution in [0.3, 0.4) is 0 Å². The van der Waals surface area contributed by atoms with E-state index in [-0.39, 0.29) is 17.6 Å². The van der Waals surface area contributed by atoms with E-state index in [1.165, 1.54) is 12.4 Å². The Balaban J connectivity index is 1.33. The van der Waals surface area contributed by atoms with Gasteiger partial charge < -0.3 is 14.4 Å². The maximum atomic E-state index is 12.5. The summed E-state index contributed by atoms with van der Waals surface area (Å²) in [6.07, 6.45) is 9.83. The molecule has 0 aliphatic carbocycles. The predicted octanol–water partition coefficient (Wildman–Crippen LogP) is 1.46. The highest BCUT2D eigenvalue weighted by Gasteiger charge is 2.47. The van der Waals surface area contributed by atoms with Gasteiger partial charge in [-0.3, -0.25) is 14.8 Å². The smallest absolute Gasteiger partial charge is 0.274 e. The lowest BCUT2D eigenvalue weighted by Gasteiger charge is -2.23. The van der Waals surface area contributed by atoms with Gasteiger partial charge in [-0.25, -0.2) is 4.98 Å². The molecule has 2 aliphatic rings. The zero-order chi connectivity index (χ0) is 17.1. The lowest BCUT2D eigenvalue weighted by atomic mass is 9.98. The minimum absolute atomic E-state index is 0.0479. The summed E-state index contributed by atoms with van der Waals surface area (Å²) in [6.45, 7) is 2.34. The molecule has 0 saturated carbocycles. The average Bonchev–Trinajstić information content (AvgIpc) is 3.28. The van der Waals surface area contributed by atoms with Gasteiger partial charge >= 0.3 is 0 Å². The molecule has 4 heterocycles. The lowest BCUT2D eigenvalue weighted by molar-refractivity contribution is 0.000214. The molecule has 2 saturated heterocycles. The van der Waals surface area contributed by atoms with Gasteiger partial charge in [0.05, 0.1) is 37.7 Å². The predicted molar refractivity (Wildman–Crippen MR) is 88.7 cm³/mol. The highest BCUT2D eigenvalue weighted by molar-refractivity contribution is 5.92. The molecule has 4 rings (SSSR count). The number of nitrogens with zero attached hydrogens (tertiary/aromatic N) is 4. The summed E-state index contributed by atoms with van der Waals surface area (Å²) in [7, 11) is 0. The van der Waals surface area contributed by atoms with Gasteiger partial charge in [0, 0.05) is 37.8 Å². The van der Waals surface area contributed by atoms with Crippen LogP contribution in [0.1, 0.15) is 28.9 Å². The molecular formula is C18H20N4O3. The van der Waals surface area contributed by atoms with Crippen LogP contribution in [-0.4, -0.2) is 57.2 Å².